The van der Waals surface area contributed by atoms with E-state index in [9.17, 15) is 9.59 Å². The maximum Gasteiger partial charge on any atom is 0.223 e. The summed E-state index contributed by atoms with van der Waals surface area (Å²) in [4.78, 5) is 27.8. The number of hydrogen-bond acceptors (Lipinski definition) is 4. The van der Waals surface area contributed by atoms with Gasteiger partial charge in [0.1, 0.15) is 0 Å². The van der Waals surface area contributed by atoms with Gasteiger partial charge in [-0.25, -0.2) is 0 Å². The van der Waals surface area contributed by atoms with Gasteiger partial charge in [0.2, 0.25) is 11.8 Å². The third-order valence-electron chi connectivity index (χ3n) is 4.28. The van der Waals surface area contributed by atoms with Gasteiger partial charge in [0.05, 0.1) is 31.2 Å². The maximum absolute atomic E-state index is 12.4. The van der Waals surface area contributed by atoms with E-state index < -0.39 is 0 Å². The van der Waals surface area contributed by atoms with Crippen molar-refractivity contribution in [1.29, 1.82) is 0 Å². The smallest absolute Gasteiger partial charge is 0.223 e. The van der Waals surface area contributed by atoms with Crippen molar-refractivity contribution in [1.82, 2.24) is 20.0 Å². The molecular formula is C18H24N4O2S. The van der Waals surface area contributed by atoms with Crippen LogP contribution in [0.1, 0.15) is 43.3 Å². The third kappa shape index (κ3) is 4.48. The highest BCUT2D eigenvalue weighted by Crippen LogP contribution is 2.24. The number of carbonyl (C=O) groups excluding carboxylic acids is 2. The Bertz CT molecular complexity index is 723. The largest absolute Gasteiger partial charge is 0.351 e. The molecule has 0 aliphatic carbocycles. The quantitative estimate of drug-likeness (QED) is 0.861. The lowest BCUT2D eigenvalue weighted by Crippen LogP contribution is -2.43. The Hall–Kier alpha value is -2.15. The van der Waals surface area contributed by atoms with Crippen molar-refractivity contribution in [3.8, 4) is 0 Å². The molecule has 7 heteroatoms. The number of nitrogens with one attached hydrogen (secondary N) is 1. The van der Waals surface area contributed by atoms with Crippen molar-refractivity contribution in [2.45, 2.75) is 45.8 Å². The van der Waals surface area contributed by atoms with E-state index >= 15 is 0 Å². The molecule has 6 nitrogen and oxygen atoms in total. The summed E-state index contributed by atoms with van der Waals surface area (Å²) in [5.74, 6) is 0.455. The Morgan fingerprint density at radius 2 is 2.24 bits per heavy atom. The second kappa shape index (κ2) is 7.82. The van der Waals surface area contributed by atoms with Crippen LogP contribution in [0.5, 0.6) is 0 Å². The predicted molar refractivity (Wildman–Crippen MR) is 96.9 cm³/mol. The van der Waals surface area contributed by atoms with Gasteiger partial charge in [0.15, 0.2) is 0 Å². The molecule has 0 spiro atoms. The van der Waals surface area contributed by atoms with E-state index in [1.807, 2.05) is 47.0 Å². The molecule has 1 atom stereocenters. The van der Waals surface area contributed by atoms with Gasteiger partial charge in [-0.2, -0.15) is 5.10 Å². The van der Waals surface area contributed by atoms with Gasteiger partial charge >= 0.3 is 0 Å². The zero-order valence-electron chi connectivity index (χ0n) is 14.6. The average molecular weight is 360 g/mol. The summed E-state index contributed by atoms with van der Waals surface area (Å²) in [5.41, 5.74) is 0.986. The van der Waals surface area contributed by atoms with Crippen LogP contribution in [0, 0.1) is 5.92 Å². The minimum atomic E-state index is -0.113. The highest BCUT2D eigenvalue weighted by atomic mass is 32.1. The zero-order valence-corrected chi connectivity index (χ0v) is 15.5. The molecule has 3 heterocycles. The maximum atomic E-state index is 12.4. The molecule has 0 fully saturated rings. The van der Waals surface area contributed by atoms with Crippen LogP contribution in [0.2, 0.25) is 0 Å². The molecule has 2 amide bonds. The van der Waals surface area contributed by atoms with E-state index in [1.54, 1.807) is 17.5 Å². The van der Waals surface area contributed by atoms with E-state index in [-0.39, 0.29) is 17.9 Å². The molecule has 1 aliphatic heterocycles. The first-order chi connectivity index (χ1) is 12.0. The van der Waals surface area contributed by atoms with Crippen molar-refractivity contribution in [2.75, 3.05) is 6.54 Å². The van der Waals surface area contributed by atoms with Crippen molar-refractivity contribution in [3.05, 3.63) is 40.3 Å². The number of aromatic nitrogens is 2. The molecule has 0 saturated carbocycles. The molecule has 3 rings (SSSR count). The summed E-state index contributed by atoms with van der Waals surface area (Å²) in [6.07, 6.45) is 2.60. The fourth-order valence-electron chi connectivity index (χ4n) is 3.09. The molecule has 1 N–H and O–H groups in total. The van der Waals surface area contributed by atoms with Crippen LogP contribution >= 0.6 is 11.3 Å². The molecule has 0 bridgehead atoms. The summed E-state index contributed by atoms with van der Waals surface area (Å²) in [6, 6.07) is 5.79. The highest BCUT2D eigenvalue weighted by Gasteiger charge is 2.30. The number of rotatable bonds is 6. The van der Waals surface area contributed by atoms with Crippen LogP contribution in [0.25, 0.3) is 0 Å². The fraction of sp³-hybridized carbons (Fsp3) is 0.500. The minimum Gasteiger partial charge on any atom is -0.351 e. The summed E-state index contributed by atoms with van der Waals surface area (Å²) >= 11 is 1.63. The van der Waals surface area contributed by atoms with Crippen molar-refractivity contribution in [2.24, 2.45) is 5.92 Å². The van der Waals surface area contributed by atoms with Gasteiger partial charge in [-0.15, -0.1) is 11.3 Å². The van der Waals surface area contributed by atoms with Gasteiger partial charge < -0.3 is 10.2 Å². The third-order valence-corrected chi connectivity index (χ3v) is 5.15. The molecule has 2 aromatic rings. The Balaban J connectivity index is 1.63. The van der Waals surface area contributed by atoms with E-state index in [0.29, 0.717) is 38.4 Å². The average Bonchev–Trinajstić information content (AvgIpc) is 3.23. The van der Waals surface area contributed by atoms with Gasteiger partial charge in [-0.1, -0.05) is 19.9 Å². The number of nitrogens with zero attached hydrogens (tertiary/aromatic N) is 3. The van der Waals surface area contributed by atoms with Crippen LogP contribution in [-0.4, -0.2) is 33.0 Å². The second-order valence-electron chi connectivity index (χ2n) is 6.85. The Labute approximate surface area is 151 Å². The SMILES string of the molecule is CC(C)CC(=O)N1Cc2ccnn2[C@H](CC(=O)NCc2cccs2)C1. The van der Waals surface area contributed by atoms with E-state index in [1.165, 1.54) is 0 Å². The first-order valence-electron chi connectivity index (χ1n) is 8.62. The van der Waals surface area contributed by atoms with Gasteiger partial charge in [0.25, 0.3) is 0 Å². The highest BCUT2D eigenvalue weighted by molar-refractivity contribution is 7.09. The molecule has 2 aromatic heterocycles. The lowest BCUT2D eigenvalue weighted by molar-refractivity contribution is -0.135. The van der Waals surface area contributed by atoms with E-state index in [0.717, 1.165) is 10.6 Å². The molecular weight excluding hydrogens is 336 g/mol. The summed E-state index contributed by atoms with van der Waals surface area (Å²) < 4.78 is 1.89. The molecule has 134 valence electrons. The van der Waals surface area contributed by atoms with Crippen LogP contribution < -0.4 is 5.32 Å². The Kier molecular flexibility index (Phi) is 5.53. The van der Waals surface area contributed by atoms with Crippen molar-refractivity contribution < 1.29 is 9.59 Å². The standard InChI is InChI=1S/C18H24N4O2S/c1-13(2)8-18(24)21-11-14-5-6-20-22(14)15(12-21)9-17(23)19-10-16-4-3-7-25-16/h3-7,13,15H,8-12H2,1-2H3,(H,19,23)/t15-/m1/s1. The molecule has 25 heavy (non-hydrogen) atoms. The van der Waals surface area contributed by atoms with E-state index in [4.69, 9.17) is 0 Å². The van der Waals surface area contributed by atoms with Crippen molar-refractivity contribution in [3.63, 3.8) is 0 Å². The number of thiophene rings is 1. The van der Waals surface area contributed by atoms with Gasteiger partial charge in [-0.3, -0.25) is 14.3 Å². The van der Waals surface area contributed by atoms with Crippen LogP contribution in [0.3, 0.4) is 0 Å². The monoisotopic (exact) mass is 360 g/mol. The fourth-order valence-corrected chi connectivity index (χ4v) is 3.74. The van der Waals surface area contributed by atoms with Gasteiger partial charge in [-0.05, 0) is 23.4 Å². The first-order valence-corrected chi connectivity index (χ1v) is 9.50. The molecule has 0 unspecified atom stereocenters. The van der Waals surface area contributed by atoms with Crippen LogP contribution in [-0.2, 0) is 22.7 Å². The lowest BCUT2D eigenvalue weighted by Gasteiger charge is -2.34. The zero-order chi connectivity index (χ0) is 17.8. The van der Waals surface area contributed by atoms with Crippen molar-refractivity contribution >= 4 is 23.2 Å². The van der Waals surface area contributed by atoms with E-state index in [2.05, 4.69) is 10.4 Å². The Morgan fingerprint density at radius 3 is 2.96 bits per heavy atom. The van der Waals surface area contributed by atoms with Crippen LogP contribution in [0.15, 0.2) is 29.8 Å². The lowest BCUT2D eigenvalue weighted by atomic mass is 10.1. The molecule has 0 saturated heterocycles. The van der Waals surface area contributed by atoms with Crippen LogP contribution in [0.4, 0.5) is 0 Å². The minimum absolute atomic E-state index is 0.0157. The predicted octanol–water partition coefficient (Wildman–Crippen LogP) is 2.58. The number of fused-ring (bicyclic) bond motifs is 1. The molecule has 0 aromatic carbocycles. The summed E-state index contributed by atoms with van der Waals surface area (Å²) in [7, 11) is 0. The number of hydrogen-bond donors (Lipinski definition) is 1. The normalized spacial score (nSPS) is 16.8. The Morgan fingerprint density at radius 1 is 1.40 bits per heavy atom. The molecule has 1 aliphatic rings. The molecule has 0 radical (unpaired) electrons. The summed E-state index contributed by atoms with van der Waals surface area (Å²) in [6.45, 7) is 5.74. The number of carbonyl (C=O) groups is 2. The second-order valence-corrected chi connectivity index (χ2v) is 7.89. The van der Waals surface area contributed by atoms with Gasteiger partial charge in [0, 0.05) is 24.0 Å². The summed E-state index contributed by atoms with van der Waals surface area (Å²) in [5, 5.41) is 9.31. The number of amides is 2. The topological polar surface area (TPSA) is 67.2 Å². The first kappa shape index (κ1) is 17.7.